The van der Waals surface area contributed by atoms with E-state index in [1.165, 1.54) is 17.6 Å². The van der Waals surface area contributed by atoms with Crippen LogP contribution >= 0.6 is 0 Å². The minimum Gasteiger partial charge on any atom is -0.465 e. The summed E-state index contributed by atoms with van der Waals surface area (Å²) in [5.41, 5.74) is 1.00. The molecule has 2 rings (SSSR count). The lowest BCUT2D eigenvalue weighted by Gasteiger charge is -2.12. The highest BCUT2D eigenvalue weighted by Crippen LogP contribution is 2.22. The maximum Gasteiger partial charge on any atom is 0.326 e. The smallest absolute Gasteiger partial charge is 0.326 e. The van der Waals surface area contributed by atoms with Crippen LogP contribution in [0.2, 0.25) is 0 Å². The van der Waals surface area contributed by atoms with Crippen LogP contribution in [0.3, 0.4) is 0 Å². The Labute approximate surface area is 127 Å². The molecule has 0 saturated carbocycles. The zero-order valence-electron chi connectivity index (χ0n) is 12.7. The number of ether oxygens (including phenoxy) is 2. The van der Waals surface area contributed by atoms with Gasteiger partial charge in [-0.2, -0.15) is 0 Å². The topological polar surface area (TPSA) is 74.6 Å². The van der Waals surface area contributed by atoms with Crippen LogP contribution in [0.1, 0.15) is 19.4 Å². The first-order valence-corrected chi connectivity index (χ1v) is 6.90. The van der Waals surface area contributed by atoms with E-state index in [9.17, 15) is 14.4 Å². The van der Waals surface area contributed by atoms with E-state index in [-0.39, 0.29) is 18.7 Å². The molecule has 0 saturated heterocycles. The lowest BCUT2D eigenvalue weighted by atomic mass is 10.1. The summed E-state index contributed by atoms with van der Waals surface area (Å²) in [4.78, 5) is 34.9. The number of hydrogen-bond donors (Lipinski definition) is 0. The monoisotopic (exact) mass is 303 g/mol. The van der Waals surface area contributed by atoms with Gasteiger partial charge in [-0.15, -0.1) is 0 Å². The van der Waals surface area contributed by atoms with Crippen molar-refractivity contribution in [3.63, 3.8) is 0 Å². The van der Waals surface area contributed by atoms with E-state index in [4.69, 9.17) is 9.47 Å². The molecule has 0 spiro atoms. The fraction of sp³-hybridized carbons (Fsp3) is 0.312. The molecule has 1 heterocycles. The van der Waals surface area contributed by atoms with Gasteiger partial charge in [0.05, 0.1) is 12.1 Å². The van der Waals surface area contributed by atoms with Crippen LogP contribution in [-0.2, 0) is 20.9 Å². The third-order valence-corrected chi connectivity index (χ3v) is 3.14. The second-order valence-electron chi connectivity index (χ2n) is 4.83. The highest BCUT2D eigenvalue weighted by molar-refractivity contribution is 5.85. The van der Waals surface area contributed by atoms with E-state index in [1.54, 1.807) is 25.1 Å². The largest absolute Gasteiger partial charge is 0.465 e. The lowest BCUT2D eigenvalue weighted by Crippen LogP contribution is -2.25. The number of nitrogens with zero attached hydrogens (tertiary/aromatic N) is 1. The molecule has 0 bridgehead atoms. The maximum atomic E-state index is 12.2. The summed E-state index contributed by atoms with van der Waals surface area (Å²) < 4.78 is 11.2. The Hall–Kier alpha value is -2.63. The van der Waals surface area contributed by atoms with Gasteiger partial charge in [0.15, 0.2) is 0 Å². The number of aromatic nitrogens is 1. The molecule has 0 radical (unpaired) electrons. The average Bonchev–Trinajstić information content (AvgIpc) is 2.43. The van der Waals surface area contributed by atoms with Crippen molar-refractivity contribution in [1.82, 2.24) is 4.57 Å². The predicted octanol–water partition coefficient (Wildman–Crippen LogP) is 1.80. The SMILES string of the molecule is CCOC(=O)Cn1c(=O)cc(C)c2ccc(OC(C)=O)cc21. The van der Waals surface area contributed by atoms with Crippen molar-refractivity contribution >= 4 is 22.8 Å². The fourth-order valence-corrected chi connectivity index (χ4v) is 2.26. The number of benzene rings is 1. The quantitative estimate of drug-likeness (QED) is 0.636. The zero-order chi connectivity index (χ0) is 16.3. The Morgan fingerprint density at radius 1 is 1.23 bits per heavy atom. The summed E-state index contributed by atoms with van der Waals surface area (Å²) in [5.74, 6) is -0.624. The number of carbonyl (C=O) groups excluding carboxylic acids is 2. The van der Waals surface area contributed by atoms with Crippen LogP contribution in [0.5, 0.6) is 5.75 Å². The minimum absolute atomic E-state index is 0.188. The van der Waals surface area contributed by atoms with Gasteiger partial charge in [-0.05, 0) is 31.5 Å². The predicted molar refractivity (Wildman–Crippen MR) is 80.9 cm³/mol. The van der Waals surface area contributed by atoms with Gasteiger partial charge in [-0.25, -0.2) is 0 Å². The van der Waals surface area contributed by atoms with Gasteiger partial charge in [-0.1, -0.05) is 0 Å². The number of carbonyl (C=O) groups is 2. The van der Waals surface area contributed by atoms with Gasteiger partial charge in [-0.3, -0.25) is 19.0 Å². The van der Waals surface area contributed by atoms with Gasteiger partial charge < -0.3 is 9.47 Å². The maximum absolute atomic E-state index is 12.2. The van der Waals surface area contributed by atoms with E-state index >= 15 is 0 Å². The van der Waals surface area contributed by atoms with Gasteiger partial charge in [0.1, 0.15) is 12.3 Å². The first kappa shape index (κ1) is 15.8. The van der Waals surface area contributed by atoms with Crippen molar-refractivity contribution < 1.29 is 19.1 Å². The Kier molecular flexibility index (Phi) is 4.60. The molecule has 0 amide bonds. The molecule has 0 N–H and O–H groups in total. The molecule has 116 valence electrons. The molecule has 0 unspecified atom stereocenters. The summed E-state index contributed by atoms with van der Waals surface area (Å²) >= 11 is 0. The molecule has 0 aliphatic carbocycles. The molecule has 1 aromatic carbocycles. The first-order valence-electron chi connectivity index (χ1n) is 6.90. The fourth-order valence-electron chi connectivity index (χ4n) is 2.26. The van der Waals surface area contributed by atoms with Crippen LogP contribution in [-0.4, -0.2) is 23.1 Å². The summed E-state index contributed by atoms with van der Waals surface area (Å²) in [6.07, 6.45) is 0. The molecule has 1 aromatic heterocycles. The van der Waals surface area contributed by atoms with Crippen molar-refractivity contribution in [2.24, 2.45) is 0 Å². The van der Waals surface area contributed by atoms with E-state index in [0.717, 1.165) is 10.9 Å². The molecule has 0 fully saturated rings. The van der Waals surface area contributed by atoms with Crippen LogP contribution in [0, 0.1) is 6.92 Å². The van der Waals surface area contributed by atoms with E-state index < -0.39 is 11.9 Å². The Morgan fingerprint density at radius 3 is 2.59 bits per heavy atom. The Morgan fingerprint density at radius 2 is 1.95 bits per heavy atom. The number of rotatable bonds is 4. The minimum atomic E-state index is -0.493. The van der Waals surface area contributed by atoms with Crippen molar-refractivity contribution in [2.75, 3.05) is 6.61 Å². The normalized spacial score (nSPS) is 10.5. The zero-order valence-corrected chi connectivity index (χ0v) is 12.7. The van der Waals surface area contributed by atoms with E-state index in [1.807, 2.05) is 6.92 Å². The molecular weight excluding hydrogens is 286 g/mol. The van der Waals surface area contributed by atoms with Crippen LogP contribution in [0.4, 0.5) is 0 Å². The molecule has 6 nitrogen and oxygen atoms in total. The second kappa shape index (κ2) is 6.43. The highest BCUT2D eigenvalue weighted by atomic mass is 16.5. The number of esters is 2. The standard InChI is InChI=1S/C16H17NO5/c1-4-21-16(20)9-17-14-8-12(22-11(3)18)5-6-13(14)10(2)7-15(17)19/h5-8H,4,9H2,1-3H3. The van der Waals surface area contributed by atoms with Crippen LogP contribution < -0.4 is 10.3 Å². The number of fused-ring (bicyclic) bond motifs is 1. The molecule has 2 aromatic rings. The van der Waals surface area contributed by atoms with Crippen LogP contribution in [0.15, 0.2) is 29.1 Å². The Balaban J connectivity index is 2.59. The second-order valence-corrected chi connectivity index (χ2v) is 4.83. The van der Waals surface area contributed by atoms with Crippen molar-refractivity contribution in [1.29, 1.82) is 0 Å². The van der Waals surface area contributed by atoms with Gasteiger partial charge >= 0.3 is 11.9 Å². The van der Waals surface area contributed by atoms with Crippen molar-refractivity contribution in [3.8, 4) is 5.75 Å². The van der Waals surface area contributed by atoms with Gasteiger partial charge in [0, 0.05) is 24.4 Å². The van der Waals surface area contributed by atoms with E-state index in [0.29, 0.717) is 11.3 Å². The molecule has 0 atom stereocenters. The van der Waals surface area contributed by atoms with Crippen molar-refractivity contribution in [2.45, 2.75) is 27.3 Å². The lowest BCUT2D eigenvalue weighted by molar-refractivity contribution is -0.143. The third-order valence-electron chi connectivity index (χ3n) is 3.14. The molecule has 0 aliphatic rings. The summed E-state index contributed by atoms with van der Waals surface area (Å²) in [6, 6.07) is 6.44. The summed E-state index contributed by atoms with van der Waals surface area (Å²) in [7, 11) is 0. The molecule has 22 heavy (non-hydrogen) atoms. The van der Waals surface area contributed by atoms with Crippen molar-refractivity contribution in [3.05, 3.63) is 40.2 Å². The van der Waals surface area contributed by atoms with Gasteiger partial charge in [0.25, 0.3) is 5.56 Å². The molecule has 0 aliphatic heterocycles. The average molecular weight is 303 g/mol. The number of hydrogen-bond acceptors (Lipinski definition) is 5. The molecular formula is C16H17NO5. The van der Waals surface area contributed by atoms with E-state index in [2.05, 4.69) is 0 Å². The Bertz CT molecular complexity index is 791. The number of aryl methyl sites for hydroxylation is 1. The summed E-state index contributed by atoms with van der Waals surface area (Å²) in [5, 5.41) is 0.805. The first-order chi connectivity index (χ1) is 10.4. The number of pyridine rings is 1. The van der Waals surface area contributed by atoms with Crippen LogP contribution in [0.25, 0.3) is 10.9 Å². The van der Waals surface area contributed by atoms with Gasteiger partial charge in [0.2, 0.25) is 0 Å². The molecule has 6 heteroatoms. The highest BCUT2D eigenvalue weighted by Gasteiger charge is 2.12. The summed E-state index contributed by atoms with van der Waals surface area (Å²) in [6.45, 7) is 4.87. The third kappa shape index (κ3) is 3.33.